The molecule has 21 heavy (non-hydrogen) atoms. The highest BCUT2D eigenvalue weighted by molar-refractivity contribution is 9.10. The lowest BCUT2D eigenvalue weighted by Crippen LogP contribution is -2.06. The molecule has 2 aromatic rings. The van der Waals surface area contributed by atoms with E-state index in [1.807, 2.05) is 31.2 Å². The number of benzene rings is 2. The van der Waals surface area contributed by atoms with Crippen molar-refractivity contribution in [2.75, 3.05) is 12.3 Å². The van der Waals surface area contributed by atoms with Gasteiger partial charge in [-0.25, -0.2) is 4.79 Å². The van der Waals surface area contributed by atoms with Crippen LogP contribution >= 0.6 is 15.9 Å². The highest BCUT2D eigenvalue weighted by Crippen LogP contribution is 2.23. The third-order valence-corrected chi connectivity index (χ3v) is 3.36. The molecule has 0 aliphatic heterocycles. The molecule has 2 aromatic carbocycles. The van der Waals surface area contributed by atoms with Gasteiger partial charge < -0.3 is 15.2 Å². The van der Waals surface area contributed by atoms with E-state index in [0.717, 1.165) is 10.0 Å². The smallest absolute Gasteiger partial charge is 0.338 e. The number of ether oxygens (including phenoxy) is 2. The maximum Gasteiger partial charge on any atom is 0.338 e. The van der Waals surface area contributed by atoms with E-state index in [9.17, 15) is 4.79 Å². The van der Waals surface area contributed by atoms with Crippen LogP contribution in [0.5, 0.6) is 5.75 Å². The molecule has 0 radical (unpaired) electrons. The molecule has 0 unspecified atom stereocenters. The molecule has 0 fully saturated rings. The third kappa shape index (κ3) is 4.23. The van der Waals surface area contributed by atoms with E-state index in [-0.39, 0.29) is 6.61 Å². The predicted octanol–water partition coefficient (Wildman–Crippen LogP) is 3.79. The molecule has 2 N–H and O–H groups in total. The zero-order valence-electron chi connectivity index (χ0n) is 11.6. The van der Waals surface area contributed by atoms with Crippen LogP contribution in [0.4, 0.5) is 5.69 Å². The standard InChI is InChI=1S/C16H16BrNO3/c1-2-20-15-8-5-12(9-14(15)18)16(19)21-10-11-3-6-13(17)7-4-11/h3-9H,2,10,18H2,1H3. The SMILES string of the molecule is CCOc1ccc(C(=O)OCc2ccc(Br)cc2)cc1N. The minimum atomic E-state index is -0.410. The molecule has 4 nitrogen and oxygen atoms in total. The van der Waals surface area contributed by atoms with Gasteiger partial charge in [-0.05, 0) is 42.8 Å². The number of rotatable bonds is 5. The number of hydrogen-bond donors (Lipinski definition) is 1. The molecular weight excluding hydrogens is 334 g/mol. The number of esters is 1. The topological polar surface area (TPSA) is 61.5 Å². The van der Waals surface area contributed by atoms with Gasteiger partial charge >= 0.3 is 5.97 Å². The second-order valence-corrected chi connectivity index (χ2v) is 5.30. The Balaban J connectivity index is 2.00. The molecular formula is C16H16BrNO3. The molecule has 0 saturated carbocycles. The number of carbonyl (C=O) groups is 1. The van der Waals surface area contributed by atoms with Crippen molar-refractivity contribution in [3.05, 3.63) is 58.1 Å². The summed E-state index contributed by atoms with van der Waals surface area (Å²) in [6, 6.07) is 12.5. The summed E-state index contributed by atoms with van der Waals surface area (Å²) in [7, 11) is 0. The summed E-state index contributed by atoms with van der Waals surface area (Å²) in [4.78, 5) is 12.0. The Morgan fingerprint density at radius 1 is 1.19 bits per heavy atom. The number of halogens is 1. The Morgan fingerprint density at radius 3 is 2.52 bits per heavy atom. The molecule has 0 aromatic heterocycles. The van der Waals surface area contributed by atoms with Crippen molar-refractivity contribution in [3.8, 4) is 5.75 Å². The van der Waals surface area contributed by atoms with Crippen LogP contribution in [0, 0.1) is 0 Å². The van der Waals surface area contributed by atoms with Gasteiger partial charge in [0, 0.05) is 4.47 Å². The monoisotopic (exact) mass is 349 g/mol. The van der Waals surface area contributed by atoms with Crippen molar-refractivity contribution in [3.63, 3.8) is 0 Å². The van der Waals surface area contributed by atoms with Crippen molar-refractivity contribution in [1.82, 2.24) is 0 Å². The van der Waals surface area contributed by atoms with Gasteiger partial charge in [0.2, 0.25) is 0 Å². The van der Waals surface area contributed by atoms with Crippen LogP contribution in [0.3, 0.4) is 0 Å². The van der Waals surface area contributed by atoms with Crippen molar-refractivity contribution in [2.24, 2.45) is 0 Å². The Kier molecular flexibility index (Phi) is 5.22. The van der Waals surface area contributed by atoms with Crippen molar-refractivity contribution < 1.29 is 14.3 Å². The molecule has 2 rings (SSSR count). The first-order valence-electron chi connectivity index (χ1n) is 6.54. The van der Waals surface area contributed by atoms with Crippen molar-refractivity contribution in [2.45, 2.75) is 13.5 Å². The maximum atomic E-state index is 12.0. The predicted molar refractivity (Wildman–Crippen MR) is 85.3 cm³/mol. The summed E-state index contributed by atoms with van der Waals surface area (Å²) in [5, 5.41) is 0. The normalized spacial score (nSPS) is 10.2. The number of carbonyl (C=O) groups excluding carboxylic acids is 1. The highest BCUT2D eigenvalue weighted by Gasteiger charge is 2.10. The molecule has 110 valence electrons. The third-order valence-electron chi connectivity index (χ3n) is 2.83. The van der Waals surface area contributed by atoms with Crippen molar-refractivity contribution >= 4 is 27.6 Å². The van der Waals surface area contributed by atoms with E-state index in [1.165, 1.54) is 0 Å². The van der Waals surface area contributed by atoms with Crippen LogP contribution in [0.25, 0.3) is 0 Å². The van der Waals surface area contributed by atoms with Gasteiger partial charge in [0.15, 0.2) is 0 Å². The minimum Gasteiger partial charge on any atom is -0.492 e. The van der Waals surface area contributed by atoms with Gasteiger partial charge in [0.1, 0.15) is 12.4 Å². The van der Waals surface area contributed by atoms with E-state index in [4.69, 9.17) is 15.2 Å². The summed E-state index contributed by atoms with van der Waals surface area (Å²) in [6.07, 6.45) is 0. The minimum absolute atomic E-state index is 0.221. The van der Waals surface area contributed by atoms with Crippen LogP contribution in [0.1, 0.15) is 22.8 Å². The van der Waals surface area contributed by atoms with E-state index in [2.05, 4.69) is 15.9 Å². The zero-order chi connectivity index (χ0) is 15.2. The lowest BCUT2D eigenvalue weighted by atomic mass is 10.2. The molecule has 0 saturated heterocycles. The van der Waals surface area contributed by atoms with Crippen LogP contribution < -0.4 is 10.5 Å². The first-order chi connectivity index (χ1) is 10.1. The van der Waals surface area contributed by atoms with Gasteiger partial charge in [0.25, 0.3) is 0 Å². The Bertz CT molecular complexity index is 626. The van der Waals surface area contributed by atoms with Crippen LogP contribution in [-0.2, 0) is 11.3 Å². The number of nitrogen functional groups attached to an aromatic ring is 1. The highest BCUT2D eigenvalue weighted by atomic mass is 79.9. The average molecular weight is 350 g/mol. The average Bonchev–Trinajstić information content (AvgIpc) is 2.48. The van der Waals surface area contributed by atoms with Gasteiger partial charge in [-0.15, -0.1) is 0 Å². The Labute approximate surface area is 132 Å². The summed E-state index contributed by atoms with van der Waals surface area (Å²) >= 11 is 3.36. The molecule has 0 bridgehead atoms. The second kappa shape index (κ2) is 7.13. The molecule has 5 heteroatoms. The van der Waals surface area contributed by atoms with Crippen molar-refractivity contribution in [1.29, 1.82) is 0 Å². The maximum absolute atomic E-state index is 12.0. The lowest BCUT2D eigenvalue weighted by Gasteiger charge is -2.09. The van der Waals surface area contributed by atoms with Gasteiger partial charge in [-0.3, -0.25) is 0 Å². The van der Waals surface area contributed by atoms with Crippen LogP contribution in [-0.4, -0.2) is 12.6 Å². The van der Waals surface area contributed by atoms with E-state index in [0.29, 0.717) is 23.6 Å². The number of hydrogen-bond acceptors (Lipinski definition) is 4. The molecule has 0 heterocycles. The fraction of sp³-hybridized carbons (Fsp3) is 0.188. The largest absolute Gasteiger partial charge is 0.492 e. The first kappa shape index (κ1) is 15.4. The molecule has 0 aliphatic rings. The Morgan fingerprint density at radius 2 is 1.90 bits per heavy atom. The van der Waals surface area contributed by atoms with E-state index >= 15 is 0 Å². The van der Waals surface area contributed by atoms with Crippen LogP contribution in [0.15, 0.2) is 46.9 Å². The number of anilines is 1. The molecule has 0 spiro atoms. The summed E-state index contributed by atoms with van der Waals surface area (Å²) in [5.74, 6) is 0.162. The number of nitrogens with two attached hydrogens (primary N) is 1. The fourth-order valence-corrected chi connectivity index (χ4v) is 2.04. The van der Waals surface area contributed by atoms with Gasteiger partial charge in [-0.2, -0.15) is 0 Å². The fourth-order valence-electron chi connectivity index (χ4n) is 1.78. The Hall–Kier alpha value is -2.01. The van der Waals surface area contributed by atoms with E-state index in [1.54, 1.807) is 18.2 Å². The second-order valence-electron chi connectivity index (χ2n) is 4.39. The quantitative estimate of drug-likeness (QED) is 0.658. The van der Waals surface area contributed by atoms with Gasteiger partial charge in [0.05, 0.1) is 17.9 Å². The molecule has 0 amide bonds. The summed E-state index contributed by atoms with van der Waals surface area (Å²) < 4.78 is 11.6. The molecule has 0 aliphatic carbocycles. The first-order valence-corrected chi connectivity index (χ1v) is 7.33. The van der Waals surface area contributed by atoms with Crippen LogP contribution in [0.2, 0.25) is 0 Å². The zero-order valence-corrected chi connectivity index (χ0v) is 13.2. The van der Waals surface area contributed by atoms with E-state index < -0.39 is 5.97 Å². The summed E-state index contributed by atoms with van der Waals surface area (Å²) in [5.41, 5.74) is 7.59. The van der Waals surface area contributed by atoms with Gasteiger partial charge in [-0.1, -0.05) is 28.1 Å². The lowest BCUT2D eigenvalue weighted by molar-refractivity contribution is 0.0472. The summed E-state index contributed by atoms with van der Waals surface area (Å²) in [6.45, 7) is 2.62. The molecule has 0 atom stereocenters.